The monoisotopic (exact) mass is 688 g/mol. The van der Waals surface area contributed by atoms with Crippen molar-refractivity contribution in [3.63, 3.8) is 0 Å². The van der Waals surface area contributed by atoms with Crippen molar-refractivity contribution in [3.8, 4) is 84.7 Å². The van der Waals surface area contributed by atoms with E-state index in [1.165, 1.54) is 16.3 Å². The van der Waals surface area contributed by atoms with Gasteiger partial charge in [-0.25, -0.2) is 15.0 Å². The van der Waals surface area contributed by atoms with Gasteiger partial charge in [-0.1, -0.05) is 170 Å². The topological polar surface area (TPSA) is 62.5 Å². The Morgan fingerprint density at radius 3 is 1.61 bits per heavy atom. The van der Waals surface area contributed by atoms with Gasteiger partial charge in [-0.05, 0) is 79.5 Å². The molecule has 4 heteroatoms. The van der Waals surface area contributed by atoms with Gasteiger partial charge in [0.15, 0.2) is 17.5 Å². The fourth-order valence-electron chi connectivity index (χ4n) is 7.05. The van der Waals surface area contributed by atoms with Crippen LogP contribution in [0.15, 0.2) is 194 Å². The lowest BCUT2D eigenvalue weighted by atomic mass is 9.94. The average Bonchev–Trinajstić information content (AvgIpc) is 3.26. The number of rotatable bonds is 7. The van der Waals surface area contributed by atoms with Gasteiger partial charge < -0.3 is 0 Å². The highest BCUT2D eigenvalue weighted by atomic mass is 15.0. The van der Waals surface area contributed by atoms with Crippen molar-refractivity contribution < 1.29 is 0 Å². The maximum absolute atomic E-state index is 9.57. The molecule has 4 nitrogen and oxygen atoms in total. The van der Waals surface area contributed by atoms with E-state index in [2.05, 4.69) is 146 Å². The molecule has 0 aliphatic heterocycles. The Morgan fingerprint density at radius 1 is 0.315 bits per heavy atom. The van der Waals surface area contributed by atoms with Crippen LogP contribution in [0.2, 0.25) is 0 Å². The molecule has 8 aromatic carbocycles. The summed E-state index contributed by atoms with van der Waals surface area (Å²) in [6.07, 6.45) is 0. The fourth-order valence-corrected chi connectivity index (χ4v) is 7.05. The van der Waals surface area contributed by atoms with Crippen molar-refractivity contribution in [2.45, 2.75) is 0 Å². The van der Waals surface area contributed by atoms with Gasteiger partial charge in [0.05, 0.1) is 11.6 Å². The summed E-state index contributed by atoms with van der Waals surface area (Å²) in [4.78, 5) is 15.6. The lowest BCUT2D eigenvalue weighted by molar-refractivity contribution is 1.07. The number of aromatic nitrogens is 3. The smallest absolute Gasteiger partial charge is 0.164 e. The number of hydrogen-bond acceptors (Lipinski definition) is 4. The Bertz CT molecular complexity index is 2820. The van der Waals surface area contributed by atoms with Crippen LogP contribution in [-0.4, -0.2) is 15.0 Å². The molecule has 9 rings (SSSR count). The Kier molecular flexibility index (Phi) is 8.57. The second kappa shape index (κ2) is 14.3. The van der Waals surface area contributed by atoms with Crippen LogP contribution in [0.4, 0.5) is 0 Å². The first-order valence-electron chi connectivity index (χ1n) is 17.9. The number of nitriles is 1. The Morgan fingerprint density at radius 2 is 0.833 bits per heavy atom. The van der Waals surface area contributed by atoms with Crippen LogP contribution in [0.25, 0.3) is 89.4 Å². The fraction of sp³-hybridized carbons (Fsp3) is 0. The highest BCUT2D eigenvalue weighted by molar-refractivity contribution is 5.97. The van der Waals surface area contributed by atoms with Gasteiger partial charge in [0.2, 0.25) is 0 Å². The van der Waals surface area contributed by atoms with Crippen LogP contribution >= 0.6 is 0 Å². The number of nitrogens with zero attached hydrogens (tertiary/aromatic N) is 4. The van der Waals surface area contributed by atoms with Gasteiger partial charge in [-0.2, -0.15) is 5.26 Å². The molecule has 0 spiro atoms. The summed E-state index contributed by atoms with van der Waals surface area (Å²) in [6.45, 7) is 0. The van der Waals surface area contributed by atoms with Crippen LogP contribution in [-0.2, 0) is 0 Å². The van der Waals surface area contributed by atoms with Crippen LogP contribution in [0.3, 0.4) is 0 Å². The Labute approximate surface area is 314 Å². The van der Waals surface area contributed by atoms with E-state index in [4.69, 9.17) is 15.0 Å². The largest absolute Gasteiger partial charge is 0.208 e. The molecule has 1 aromatic heterocycles. The Balaban J connectivity index is 1.23. The summed E-state index contributed by atoms with van der Waals surface area (Å²) < 4.78 is 0. The zero-order chi connectivity index (χ0) is 36.3. The molecule has 0 aliphatic carbocycles. The molecule has 0 atom stereocenters. The molecule has 0 radical (unpaired) electrons. The number of hydrogen-bond donors (Lipinski definition) is 0. The normalized spacial score (nSPS) is 10.9. The molecule has 9 aromatic rings. The third-order valence-electron chi connectivity index (χ3n) is 9.78. The van der Waals surface area contributed by atoms with Gasteiger partial charge in [0, 0.05) is 16.7 Å². The van der Waals surface area contributed by atoms with Gasteiger partial charge in [0.25, 0.3) is 0 Å². The maximum Gasteiger partial charge on any atom is 0.164 e. The van der Waals surface area contributed by atoms with Crippen LogP contribution in [0.5, 0.6) is 0 Å². The van der Waals surface area contributed by atoms with Crippen molar-refractivity contribution in [2.75, 3.05) is 0 Å². The molecule has 0 bridgehead atoms. The lowest BCUT2D eigenvalue weighted by Crippen LogP contribution is -2.01. The molecule has 0 amide bonds. The zero-order valence-electron chi connectivity index (χ0n) is 29.3. The quantitative estimate of drug-likeness (QED) is 0.167. The van der Waals surface area contributed by atoms with E-state index >= 15 is 0 Å². The molecular weight excluding hydrogens is 657 g/mol. The summed E-state index contributed by atoms with van der Waals surface area (Å²) in [5.41, 5.74) is 11.8. The SMILES string of the molecule is N#Cc1cccc(-c2cccc(-c3nc(-c4ccc(-c5cccc6ccccc56)cc4)nc(-c4cc(-c5ccccc5)ccc4-c4ccccc4)n3)c2)c1. The highest BCUT2D eigenvalue weighted by Crippen LogP contribution is 2.37. The summed E-state index contributed by atoms with van der Waals surface area (Å²) in [5, 5.41) is 12.0. The molecule has 0 N–H and O–H groups in total. The summed E-state index contributed by atoms with van der Waals surface area (Å²) >= 11 is 0. The van der Waals surface area contributed by atoms with Gasteiger partial charge >= 0.3 is 0 Å². The zero-order valence-corrected chi connectivity index (χ0v) is 29.3. The molecule has 1 heterocycles. The standard InChI is InChI=1S/C50H32N4/c51-33-34-12-9-19-40(30-34)41-20-10-21-43(31-41)49-52-48(39-26-24-38(25-27-39)45-23-11-18-37-17-7-8-22-44(37)45)53-50(54-49)47-32-42(35-13-3-1-4-14-35)28-29-46(47)36-15-5-2-6-16-36/h1-32H. The van der Waals surface area contributed by atoms with Crippen molar-refractivity contribution >= 4 is 10.8 Å². The first kappa shape index (κ1) is 32.4. The van der Waals surface area contributed by atoms with Crippen LogP contribution < -0.4 is 0 Å². The highest BCUT2D eigenvalue weighted by Gasteiger charge is 2.18. The second-order valence-electron chi connectivity index (χ2n) is 13.2. The summed E-state index contributed by atoms with van der Waals surface area (Å²) in [7, 11) is 0. The molecule has 0 saturated heterocycles. The van der Waals surface area contributed by atoms with Crippen molar-refractivity contribution in [1.29, 1.82) is 5.26 Å². The van der Waals surface area contributed by atoms with Crippen LogP contribution in [0, 0.1) is 11.3 Å². The minimum Gasteiger partial charge on any atom is -0.208 e. The van der Waals surface area contributed by atoms with Gasteiger partial charge in [0.1, 0.15) is 0 Å². The third kappa shape index (κ3) is 6.43. The molecule has 0 unspecified atom stereocenters. The predicted octanol–water partition coefficient (Wildman–Crippen LogP) is 12.6. The third-order valence-corrected chi connectivity index (χ3v) is 9.78. The van der Waals surface area contributed by atoms with E-state index in [0.717, 1.165) is 55.6 Å². The van der Waals surface area contributed by atoms with E-state index in [0.29, 0.717) is 23.0 Å². The van der Waals surface area contributed by atoms with Crippen molar-refractivity contribution in [3.05, 3.63) is 200 Å². The van der Waals surface area contributed by atoms with Crippen molar-refractivity contribution in [2.24, 2.45) is 0 Å². The van der Waals surface area contributed by atoms with Crippen LogP contribution in [0.1, 0.15) is 5.56 Å². The van der Waals surface area contributed by atoms with Crippen molar-refractivity contribution in [1.82, 2.24) is 15.0 Å². The number of benzene rings is 8. The van der Waals surface area contributed by atoms with Gasteiger partial charge in [-0.3, -0.25) is 0 Å². The van der Waals surface area contributed by atoms with Gasteiger partial charge in [-0.15, -0.1) is 0 Å². The number of fused-ring (bicyclic) bond motifs is 1. The predicted molar refractivity (Wildman–Crippen MR) is 220 cm³/mol. The van der Waals surface area contributed by atoms with E-state index in [-0.39, 0.29) is 0 Å². The minimum atomic E-state index is 0.565. The van der Waals surface area contributed by atoms with E-state index < -0.39 is 0 Å². The summed E-state index contributed by atoms with van der Waals surface area (Å²) in [5.74, 6) is 1.73. The van der Waals surface area contributed by atoms with E-state index in [1.54, 1.807) is 0 Å². The molecular formula is C50H32N4. The molecule has 0 saturated carbocycles. The minimum absolute atomic E-state index is 0.565. The van der Waals surface area contributed by atoms with E-state index in [9.17, 15) is 5.26 Å². The Hall–Kier alpha value is -7.48. The summed E-state index contributed by atoms with van der Waals surface area (Å²) in [6, 6.07) is 68.7. The second-order valence-corrected chi connectivity index (χ2v) is 13.2. The molecule has 252 valence electrons. The first-order valence-corrected chi connectivity index (χ1v) is 17.9. The average molecular weight is 689 g/mol. The molecule has 0 aliphatic rings. The molecule has 54 heavy (non-hydrogen) atoms. The lowest BCUT2D eigenvalue weighted by Gasteiger charge is -2.14. The maximum atomic E-state index is 9.57. The first-order chi connectivity index (χ1) is 26.7. The molecule has 0 fully saturated rings. The van der Waals surface area contributed by atoms with E-state index in [1.807, 2.05) is 54.6 Å².